The van der Waals surface area contributed by atoms with Gasteiger partial charge in [-0.1, -0.05) is 24.3 Å². The van der Waals surface area contributed by atoms with Crippen LogP contribution in [0.25, 0.3) is 11.1 Å². The lowest BCUT2D eigenvalue weighted by Crippen LogP contribution is -2.14. The van der Waals surface area contributed by atoms with Crippen LogP contribution in [-0.4, -0.2) is 24.5 Å². The fourth-order valence-electron chi connectivity index (χ4n) is 3.25. The first-order valence-corrected chi connectivity index (χ1v) is 9.55. The van der Waals surface area contributed by atoms with E-state index in [4.69, 9.17) is 14.2 Å². The van der Waals surface area contributed by atoms with Crippen LogP contribution in [-0.2, 0) is 4.79 Å². The van der Waals surface area contributed by atoms with Gasteiger partial charge in [0.15, 0.2) is 17.3 Å². The van der Waals surface area contributed by atoms with Crippen molar-refractivity contribution < 1.29 is 28.6 Å². The standard InChI is InChI=1S/C24H19NO6/c1-14(26)20-11-22-23(30-13-29-22)12-21(20)25-24(28)18-5-3-4-17(10-18)16-6-8-19(9-7-16)31-15(2)27/h3-12H,13H2,1-2H3,(H,25,28). The lowest BCUT2D eigenvalue weighted by Gasteiger charge is -2.11. The zero-order valence-electron chi connectivity index (χ0n) is 16.9. The van der Waals surface area contributed by atoms with E-state index in [2.05, 4.69) is 5.32 Å². The molecule has 0 saturated carbocycles. The molecule has 3 aromatic rings. The van der Waals surface area contributed by atoms with Crippen molar-refractivity contribution in [2.24, 2.45) is 0 Å². The molecule has 1 amide bonds. The summed E-state index contributed by atoms with van der Waals surface area (Å²) in [5, 5.41) is 2.79. The third-order valence-electron chi connectivity index (χ3n) is 4.71. The molecule has 1 aliphatic rings. The van der Waals surface area contributed by atoms with Crippen LogP contribution in [0.2, 0.25) is 0 Å². The summed E-state index contributed by atoms with van der Waals surface area (Å²) in [6.07, 6.45) is 0. The Morgan fingerprint density at radius 2 is 1.58 bits per heavy atom. The van der Waals surface area contributed by atoms with Gasteiger partial charge in [0, 0.05) is 24.1 Å². The predicted octanol–water partition coefficient (Wildman–Crippen LogP) is 4.46. The fourth-order valence-corrected chi connectivity index (χ4v) is 3.25. The van der Waals surface area contributed by atoms with Crippen molar-refractivity contribution in [3.63, 3.8) is 0 Å². The molecule has 0 aromatic heterocycles. The Kier molecular flexibility index (Phi) is 5.41. The van der Waals surface area contributed by atoms with E-state index in [1.807, 2.05) is 6.07 Å². The highest BCUT2D eigenvalue weighted by Crippen LogP contribution is 2.37. The number of ketones is 1. The molecule has 0 spiro atoms. The van der Waals surface area contributed by atoms with Gasteiger partial charge in [-0.15, -0.1) is 0 Å². The highest BCUT2D eigenvalue weighted by molar-refractivity contribution is 6.09. The van der Waals surface area contributed by atoms with Gasteiger partial charge in [0.25, 0.3) is 5.91 Å². The Morgan fingerprint density at radius 3 is 2.26 bits per heavy atom. The lowest BCUT2D eigenvalue weighted by molar-refractivity contribution is -0.131. The number of anilines is 1. The maximum atomic E-state index is 12.9. The number of nitrogens with one attached hydrogen (secondary N) is 1. The van der Waals surface area contributed by atoms with Crippen LogP contribution in [0.4, 0.5) is 5.69 Å². The molecule has 1 N–H and O–H groups in total. The van der Waals surface area contributed by atoms with E-state index in [1.54, 1.807) is 54.6 Å². The highest BCUT2D eigenvalue weighted by Gasteiger charge is 2.21. The summed E-state index contributed by atoms with van der Waals surface area (Å²) >= 11 is 0. The Bertz CT molecular complexity index is 1180. The van der Waals surface area contributed by atoms with E-state index in [0.717, 1.165) is 11.1 Å². The van der Waals surface area contributed by atoms with Crippen LogP contribution in [0.1, 0.15) is 34.6 Å². The predicted molar refractivity (Wildman–Crippen MR) is 114 cm³/mol. The summed E-state index contributed by atoms with van der Waals surface area (Å²) in [6, 6.07) is 17.2. The summed E-state index contributed by atoms with van der Waals surface area (Å²) in [6.45, 7) is 2.84. The first kappa shape index (κ1) is 20.2. The zero-order valence-corrected chi connectivity index (χ0v) is 16.9. The molecule has 7 nitrogen and oxygen atoms in total. The molecule has 0 saturated heterocycles. The maximum absolute atomic E-state index is 12.9. The third-order valence-corrected chi connectivity index (χ3v) is 4.71. The van der Waals surface area contributed by atoms with E-state index in [-0.39, 0.29) is 24.5 Å². The molecule has 3 aromatic carbocycles. The number of hydrogen-bond donors (Lipinski definition) is 1. The SMILES string of the molecule is CC(=O)Oc1ccc(-c2cccc(C(=O)Nc3cc4c(cc3C(C)=O)OCO4)c2)cc1. The average Bonchev–Trinajstić information content (AvgIpc) is 3.20. The second-order valence-electron chi connectivity index (χ2n) is 6.96. The van der Waals surface area contributed by atoms with Gasteiger partial charge < -0.3 is 19.5 Å². The van der Waals surface area contributed by atoms with Crippen LogP contribution in [0.15, 0.2) is 60.7 Å². The molecule has 0 aliphatic carbocycles. The van der Waals surface area contributed by atoms with Crippen molar-refractivity contribution in [1.82, 2.24) is 0 Å². The Labute approximate surface area is 178 Å². The van der Waals surface area contributed by atoms with Crippen LogP contribution < -0.4 is 19.5 Å². The second-order valence-corrected chi connectivity index (χ2v) is 6.96. The van der Waals surface area contributed by atoms with E-state index in [0.29, 0.717) is 34.1 Å². The smallest absolute Gasteiger partial charge is 0.308 e. The molecule has 0 unspecified atom stereocenters. The summed E-state index contributed by atoms with van der Waals surface area (Å²) in [4.78, 5) is 36.0. The number of ether oxygens (including phenoxy) is 3. The normalized spacial score (nSPS) is 11.7. The third kappa shape index (κ3) is 4.40. The topological polar surface area (TPSA) is 90.9 Å². The first-order chi connectivity index (χ1) is 14.9. The highest BCUT2D eigenvalue weighted by atomic mass is 16.7. The molecule has 0 radical (unpaired) electrons. The first-order valence-electron chi connectivity index (χ1n) is 9.55. The van der Waals surface area contributed by atoms with Crippen LogP contribution in [0.5, 0.6) is 17.2 Å². The second kappa shape index (κ2) is 8.31. The molecule has 156 valence electrons. The number of rotatable bonds is 5. The Morgan fingerprint density at radius 1 is 0.871 bits per heavy atom. The molecule has 0 atom stereocenters. The van der Waals surface area contributed by atoms with Crippen molar-refractivity contribution >= 4 is 23.3 Å². The number of esters is 1. The van der Waals surface area contributed by atoms with Gasteiger partial charge in [0.2, 0.25) is 6.79 Å². The van der Waals surface area contributed by atoms with Crippen molar-refractivity contribution in [3.8, 4) is 28.4 Å². The number of hydrogen-bond acceptors (Lipinski definition) is 6. The molecule has 1 heterocycles. The summed E-state index contributed by atoms with van der Waals surface area (Å²) in [5.74, 6) is 0.448. The lowest BCUT2D eigenvalue weighted by atomic mass is 10.0. The fraction of sp³-hybridized carbons (Fsp3) is 0.125. The van der Waals surface area contributed by atoms with Gasteiger partial charge in [-0.3, -0.25) is 14.4 Å². The zero-order chi connectivity index (χ0) is 22.0. The summed E-state index contributed by atoms with van der Waals surface area (Å²) in [7, 11) is 0. The minimum Gasteiger partial charge on any atom is -0.454 e. The van der Waals surface area contributed by atoms with Crippen LogP contribution >= 0.6 is 0 Å². The summed E-state index contributed by atoms with van der Waals surface area (Å²) in [5.41, 5.74) is 2.80. The van der Waals surface area contributed by atoms with Gasteiger partial charge in [-0.05, 0) is 48.4 Å². The van der Waals surface area contributed by atoms with Crippen LogP contribution in [0.3, 0.4) is 0 Å². The number of amides is 1. The quantitative estimate of drug-likeness (QED) is 0.374. The average molecular weight is 417 g/mol. The largest absolute Gasteiger partial charge is 0.454 e. The molecule has 0 bridgehead atoms. The molecular formula is C24H19NO6. The molecule has 1 aliphatic heterocycles. The Balaban J connectivity index is 1.58. The minimum absolute atomic E-state index is 0.0718. The van der Waals surface area contributed by atoms with Crippen molar-refractivity contribution in [1.29, 1.82) is 0 Å². The van der Waals surface area contributed by atoms with Gasteiger partial charge in [0.1, 0.15) is 5.75 Å². The van der Waals surface area contributed by atoms with Gasteiger partial charge in [0.05, 0.1) is 5.69 Å². The van der Waals surface area contributed by atoms with Crippen LogP contribution in [0, 0.1) is 0 Å². The summed E-state index contributed by atoms with van der Waals surface area (Å²) < 4.78 is 15.7. The van der Waals surface area contributed by atoms with Crippen molar-refractivity contribution in [2.75, 3.05) is 12.1 Å². The number of fused-ring (bicyclic) bond motifs is 1. The number of carbonyl (C=O) groups excluding carboxylic acids is 3. The molecule has 0 fully saturated rings. The minimum atomic E-state index is -0.389. The molecular weight excluding hydrogens is 398 g/mol. The van der Waals surface area contributed by atoms with Gasteiger partial charge >= 0.3 is 5.97 Å². The number of Topliss-reactive ketones (excluding diaryl/α,β-unsaturated/α-hetero) is 1. The number of benzene rings is 3. The monoisotopic (exact) mass is 417 g/mol. The van der Waals surface area contributed by atoms with E-state index in [1.165, 1.54) is 13.8 Å². The molecule has 7 heteroatoms. The molecule has 31 heavy (non-hydrogen) atoms. The van der Waals surface area contributed by atoms with Crippen molar-refractivity contribution in [3.05, 3.63) is 71.8 Å². The van der Waals surface area contributed by atoms with Gasteiger partial charge in [-0.2, -0.15) is 0 Å². The van der Waals surface area contributed by atoms with E-state index < -0.39 is 0 Å². The molecule has 4 rings (SSSR count). The van der Waals surface area contributed by atoms with E-state index in [9.17, 15) is 14.4 Å². The number of carbonyl (C=O) groups is 3. The van der Waals surface area contributed by atoms with Gasteiger partial charge in [-0.25, -0.2) is 0 Å². The van der Waals surface area contributed by atoms with E-state index >= 15 is 0 Å². The van der Waals surface area contributed by atoms with Crippen molar-refractivity contribution in [2.45, 2.75) is 13.8 Å². The maximum Gasteiger partial charge on any atom is 0.308 e. The Hall–Kier alpha value is -4.13.